The van der Waals surface area contributed by atoms with Gasteiger partial charge in [-0.3, -0.25) is 9.69 Å². The summed E-state index contributed by atoms with van der Waals surface area (Å²) in [5.74, 6) is 0.729. The largest absolute Gasteiger partial charge is 0.497 e. The zero-order valence-corrected chi connectivity index (χ0v) is 17.9. The third-order valence-electron chi connectivity index (χ3n) is 4.89. The van der Waals surface area contributed by atoms with Gasteiger partial charge in [0.05, 0.1) is 17.7 Å². The first-order chi connectivity index (χ1) is 14.5. The summed E-state index contributed by atoms with van der Waals surface area (Å²) >= 11 is 1.38. The number of amidine groups is 1. The Morgan fingerprint density at radius 1 is 0.900 bits per heavy atom. The standard InChI is InChI=1S/C25H22N2O2S/c1-17-4-8-19(9-5-17)20-10-6-18(7-11-20)16-23-24(28)27(2)25(30-23)26-21-12-14-22(29-3)15-13-21/h4-16H,1-3H3/b23-16-,26-25?. The number of aryl methyl sites for hydroxylation is 1. The van der Waals surface area contributed by atoms with Crippen molar-refractivity contribution >= 4 is 34.6 Å². The van der Waals surface area contributed by atoms with Gasteiger partial charge < -0.3 is 4.74 Å². The summed E-state index contributed by atoms with van der Waals surface area (Å²) in [5.41, 5.74) is 5.34. The van der Waals surface area contributed by atoms with Gasteiger partial charge in [-0.2, -0.15) is 0 Å². The van der Waals surface area contributed by atoms with Crippen LogP contribution in [0.5, 0.6) is 5.75 Å². The van der Waals surface area contributed by atoms with Crippen LogP contribution in [0.25, 0.3) is 17.2 Å². The number of rotatable bonds is 4. The average molecular weight is 415 g/mol. The molecule has 1 heterocycles. The Labute approximate surface area is 180 Å². The maximum atomic E-state index is 12.7. The molecule has 150 valence electrons. The van der Waals surface area contributed by atoms with Crippen LogP contribution in [-0.2, 0) is 4.79 Å². The van der Waals surface area contributed by atoms with Gasteiger partial charge in [0.15, 0.2) is 5.17 Å². The fourth-order valence-electron chi connectivity index (χ4n) is 3.09. The molecule has 0 aromatic heterocycles. The summed E-state index contributed by atoms with van der Waals surface area (Å²) in [4.78, 5) is 19.5. The Morgan fingerprint density at radius 2 is 1.50 bits per heavy atom. The Balaban J connectivity index is 1.54. The van der Waals surface area contributed by atoms with Gasteiger partial charge in [0.25, 0.3) is 5.91 Å². The molecule has 4 rings (SSSR count). The summed E-state index contributed by atoms with van der Waals surface area (Å²) in [6, 6.07) is 24.1. The van der Waals surface area contributed by atoms with E-state index in [-0.39, 0.29) is 5.91 Å². The molecule has 3 aromatic rings. The van der Waals surface area contributed by atoms with Gasteiger partial charge in [0, 0.05) is 7.05 Å². The van der Waals surface area contributed by atoms with Crippen LogP contribution < -0.4 is 4.74 Å². The van der Waals surface area contributed by atoms with Crippen molar-refractivity contribution in [3.8, 4) is 16.9 Å². The van der Waals surface area contributed by atoms with Gasteiger partial charge in [-0.05, 0) is 65.7 Å². The van der Waals surface area contributed by atoms with Gasteiger partial charge in [0.2, 0.25) is 0 Å². The van der Waals surface area contributed by atoms with E-state index in [4.69, 9.17) is 4.74 Å². The number of thioether (sulfide) groups is 1. The van der Waals surface area contributed by atoms with Crippen molar-refractivity contribution < 1.29 is 9.53 Å². The molecule has 0 aliphatic carbocycles. The predicted molar refractivity (Wildman–Crippen MR) is 125 cm³/mol. The Kier molecular flexibility index (Phi) is 5.72. The van der Waals surface area contributed by atoms with Gasteiger partial charge in [-0.15, -0.1) is 0 Å². The van der Waals surface area contributed by atoms with E-state index in [0.29, 0.717) is 10.1 Å². The molecule has 30 heavy (non-hydrogen) atoms. The van der Waals surface area contributed by atoms with Crippen molar-refractivity contribution in [3.05, 3.63) is 88.8 Å². The van der Waals surface area contributed by atoms with E-state index < -0.39 is 0 Å². The molecule has 1 aliphatic heterocycles. The highest BCUT2D eigenvalue weighted by atomic mass is 32.2. The van der Waals surface area contributed by atoms with Crippen molar-refractivity contribution in [1.29, 1.82) is 0 Å². The number of amides is 1. The van der Waals surface area contributed by atoms with Gasteiger partial charge in [-0.25, -0.2) is 4.99 Å². The lowest BCUT2D eigenvalue weighted by atomic mass is 10.0. The van der Waals surface area contributed by atoms with Crippen LogP contribution in [0.4, 0.5) is 5.69 Å². The minimum Gasteiger partial charge on any atom is -0.497 e. The number of carbonyl (C=O) groups is 1. The van der Waals surface area contributed by atoms with Crippen LogP contribution in [0.15, 0.2) is 82.7 Å². The van der Waals surface area contributed by atoms with E-state index >= 15 is 0 Å². The molecule has 4 nitrogen and oxygen atoms in total. The third-order valence-corrected chi connectivity index (χ3v) is 5.95. The molecule has 0 atom stereocenters. The molecule has 3 aromatic carbocycles. The van der Waals surface area contributed by atoms with Crippen LogP contribution in [0.1, 0.15) is 11.1 Å². The molecule has 1 saturated heterocycles. The number of ether oxygens (including phenoxy) is 1. The first-order valence-corrected chi connectivity index (χ1v) is 10.4. The van der Waals surface area contributed by atoms with Crippen LogP contribution in [0, 0.1) is 6.92 Å². The number of methoxy groups -OCH3 is 1. The number of hydrogen-bond donors (Lipinski definition) is 0. The van der Waals surface area contributed by atoms with E-state index in [1.54, 1.807) is 19.1 Å². The molecule has 1 fully saturated rings. The summed E-state index contributed by atoms with van der Waals surface area (Å²) in [6.45, 7) is 2.08. The van der Waals surface area contributed by atoms with Gasteiger partial charge in [-0.1, -0.05) is 54.1 Å². The molecule has 0 saturated carbocycles. The lowest BCUT2D eigenvalue weighted by Gasteiger charge is -2.07. The zero-order chi connectivity index (χ0) is 21.1. The Morgan fingerprint density at radius 3 is 2.10 bits per heavy atom. The van der Waals surface area contributed by atoms with Crippen LogP contribution in [0.3, 0.4) is 0 Å². The van der Waals surface area contributed by atoms with Gasteiger partial charge >= 0.3 is 0 Å². The highest BCUT2D eigenvalue weighted by Gasteiger charge is 2.30. The maximum Gasteiger partial charge on any atom is 0.266 e. The molecule has 0 bridgehead atoms. The minimum absolute atomic E-state index is 0.0464. The second-order valence-corrected chi connectivity index (χ2v) is 8.06. The van der Waals surface area contributed by atoms with Crippen molar-refractivity contribution in [1.82, 2.24) is 4.90 Å². The van der Waals surface area contributed by atoms with Crippen molar-refractivity contribution in [3.63, 3.8) is 0 Å². The van der Waals surface area contributed by atoms with Crippen LogP contribution in [0.2, 0.25) is 0 Å². The van der Waals surface area contributed by atoms with Gasteiger partial charge in [0.1, 0.15) is 5.75 Å². The van der Waals surface area contributed by atoms with E-state index in [1.165, 1.54) is 22.9 Å². The number of benzene rings is 3. The fraction of sp³-hybridized carbons (Fsp3) is 0.120. The molecule has 5 heteroatoms. The SMILES string of the molecule is COc1ccc(N=C2S/C(=C\c3ccc(-c4ccc(C)cc4)cc3)C(=O)N2C)cc1. The molecule has 0 N–H and O–H groups in total. The maximum absolute atomic E-state index is 12.7. The van der Waals surface area contributed by atoms with Crippen molar-refractivity contribution in [2.24, 2.45) is 4.99 Å². The predicted octanol–water partition coefficient (Wildman–Crippen LogP) is 5.90. The topological polar surface area (TPSA) is 41.9 Å². The number of hydrogen-bond acceptors (Lipinski definition) is 4. The summed E-state index contributed by atoms with van der Waals surface area (Å²) in [6.07, 6.45) is 1.92. The lowest BCUT2D eigenvalue weighted by Crippen LogP contribution is -2.23. The quantitative estimate of drug-likeness (QED) is 0.499. The van der Waals surface area contributed by atoms with Crippen LogP contribution in [-0.4, -0.2) is 30.1 Å². The van der Waals surface area contributed by atoms with E-state index in [0.717, 1.165) is 22.6 Å². The van der Waals surface area contributed by atoms with E-state index in [2.05, 4.69) is 48.3 Å². The molecule has 0 radical (unpaired) electrons. The Bertz CT molecular complexity index is 1120. The smallest absolute Gasteiger partial charge is 0.266 e. The number of likely N-dealkylation sites (N-methyl/N-ethyl adjacent to an activating group) is 1. The average Bonchev–Trinajstić information content (AvgIpc) is 3.03. The zero-order valence-electron chi connectivity index (χ0n) is 17.1. The highest BCUT2D eigenvalue weighted by molar-refractivity contribution is 8.18. The minimum atomic E-state index is -0.0464. The first-order valence-electron chi connectivity index (χ1n) is 9.61. The normalized spacial score (nSPS) is 16.5. The van der Waals surface area contributed by atoms with E-state index in [1.807, 2.05) is 42.5 Å². The highest BCUT2D eigenvalue weighted by Crippen LogP contribution is 2.33. The van der Waals surface area contributed by atoms with E-state index in [9.17, 15) is 4.79 Å². The van der Waals surface area contributed by atoms with Crippen molar-refractivity contribution in [2.75, 3.05) is 14.2 Å². The summed E-state index contributed by atoms with van der Waals surface area (Å²) in [7, 11) is 3.38. The molecule has 1 aliphatic rings. The second-order valence-electron chi connectivity index (χ2n) is 7.06. The van der Waals surface area contributed by atoms with Crippen molar-refractivity contribution in [2.45, 2.75) is 6.92 Å². The molecular weight excluding hydrogens is 392 g/mol. The second kappa shape index (κ2) is 8.59. The molecule has 1 amide bonds. The van der Waals surface area contributed by atoms with Crippen LogP contribution >= 0.6 is 11.8 Å². The molecular formula is C25H22N2O2S. The number of nitrogens with zero attached hydrogens (tertiary/aromatic N) is 2. The molecule has 0 spiro atoms. The summed E-state index contributed by atoms with van der Waals surface area (Å²) < 4.78 is 5.18. The Hall–Kier alpha value is -3.31. The fourth-order valence-corrected chi connectivity index (χ4v) is 4.07. The lowest BCUT2D eigenvalue weighted by molar-refractivity contribution is -0.121. The summed E-state index contributed by atoms with van der Waals surface area (Å²) in [5, 5.41) is 0.660. The molecule has 0 unspecified atom stereocenters. The number of aliphatic imine (C=N–C) groups is 1. The third kappa shape index (κ3) is 4.31. The number of carbonyl (C=O) groups excluding carboxylic acids is 1. The monoisotopic (exact) mass is 414 g/mol. The first kappa shape index (κ1) is 20.0.